The van der Waals surface area contributed by atoms with Crippen LogP contribution in [0.1, 0.15) is 12.8 Å². The molecule has 2 aliphatic rings. The summed E-state index contributed by atoms with van der Waals surface area (Å²) in [5.74, 6) is 7.80. The lowest BCUT2D eigenvalue weighted by Gasteiger charge is -2.16. The quantitative estimate of drug-likeness (QED) is 0.334. The number of hydrogen-bond donors (Lipinski definition) is 2. The van der Waals surface area contributed by atoms with Crippen LogP contribution in [-0.4, -0.2) is 6.54 Å². The average Bonchev–Trinajstić information content (AvgIpc) is 2.48. The molecule has 0 radical (unpaired) electrons. The van der Waals surface area contributed by atoms with Crippen molar-refractivity contribution < 1.29 is 0 Å². The predicted octanol–water partition coefficient (Wildman–Crippen LogP) is 0.662. The number of rotatable bonds is 2. The lowest BCUT2D eigenvalue weighted by molar-refractivity contribution is 0.419. The smallest absolute Gasteiger partial charge is 0.0132 e. The molecule has 0 saturated heterocycles. The Bertz CT molecular complexity index is 153. The maximum Gasteiger partial charge on any atom is 0.0132 e. The van der Waals surface area contributed by atoms with Crippen LogP contribution in [0.3, 0.4) is 0 Å². The van der Waals surface area contributed by atoms with Crippen molar-refractivity contribution >= 4 is 0 Å². The molecule has 10 heavy (non-hydrogen) atoms. The normalized spacial score (nSPS) is 43.1. The van der Waals surface area contributed by atoms with Crippen LogP contribution in [0.2, 0.25) is 0 Å². The van der Waals surface area contributed by atoms with Gasteiger partial charge in [-0.3, -0.25) is 11.3 Å². The highest BCUT2D eigenvalue weighted by atomic mass is 15.2. The third-order valence-corrected chi connectivity index (χ3v) is 2.80. The van der Waals surface area contributed by atoms with Gasteiger partial charge in [0.15, 0.2) is 0 Å². The number of hydrogen-bond acceptors (Lipinski definition) is 2. The summed E-state index contributed by atoms with van der Waals surface area (Å²) in [6.07, 6.45) is 7.45. The third kappa shape index (κ3) is 0.879. The van der Waals surface area contributed by atoms with Gasteiger partial charge in [0.05, 0.1) is 0 Å². The monoisotopic (exact) mass is 138 g/mol. The van der Waals surface area contributed by atoms with Crippen molar-refractivity contribution in [3.63, 3.8) is 0 Å². The molecule has 3 unspecified atom stereocenters. The van der Waals surface area contributed by atoms with E-state index in [2.05, 4.69) is 17.6 Å². The van der Waals surface area contributed by atoms with E-state index in [0.29, 0.717) is 0 Å². The van der Waals surface area contributed by atoms with Crippen molar-refractivity contribution in [3.05, 3.63) is 12.2 Å². The highest BCUT2D eigenvalue weighted by molar-refractivity contribution is 5.10. The summed E-state index contributed by atoms with van der Waals surface area (Å²) in [6, 6.07) is 0. The number of fused-ring (bicyclic) bond motifs is 2. The van der Waals surface area contributed by atoms with Crippen LogP contribution in [-0.2, 0) is 0 Å². The summed E-state index contributed by atoms with van der Waals surface area (Å²) < 4.78 is 0. The van der Waals surface area contributed by atoms with E-state index in [1.54, 1.807) is 0 Å². The first kappa shape index (κ1) is 6.38. The largest absolute Gasteiger partial charge is 0.271 e. The van der Waals surface area contributed by atoms with Gasteiger partial charge in [0.2, 0.25) is 0 Å². The topological polar surface area (TPSA) is 38.0 Å². The van der Waals surface area contributed by atoms with Gasteiger partial charge in [-0.05, 0) is 30.6 Å². The van der Waals surface area contributed by atoms with E-state index in [0.717, 1.165) is 24.3 Å². The molecule has 0 spiro atoms. The second-order valence-corrected chi connectivity index (χ2v) is 3.45. The first-order valence-electron chi connectivity index (χ1n) is 4.02. The first-order chi connectivity index (χ1) is 4.90. The molecule has 2 heteroatoms. The van der Waals surface area contributed by atoms with Crippen molar-refractivity contribution in [2.45, 2.75) is 12.8 Å². The van der Waals surface area contributed by atoms with E-state index in [4.69, 9.17) is 5.84 Å². The van der Waals surface area contributed by atoms with Crippen molar-refractivity contribution in [2.75, 3.05) is 6.54 Å². The molecule has 0 aromatic carbocycles. The Morgan fingerprint density at radius 3 is 2.80 bits per heavy atom. The minimum absolute atomic E-state index is 0.819. The number of nitrogens with one attached hydrogen (secondary N) is 1. The highest BCUT2D eigenvalue weighted by Crippen LogP contribution is 2.42. The van der Waals surface area contributed by atoms with Gasteiger partial charge in [-0.15, -0.1) is 0 Å². The number of allylic oxidation sites excluding steroid dienone is 2. The van der Waals surface area contributed by atoms with Gasteiger partial charge >= 0.3 is 0 Å². The zero-order chi connectivity index (χ0) is 6.97. The van der Waals surface area contributed by atoms with Gasteiger partial charge in [-0.25, -0.2) is 0 Å². The number of nitrogens with two attached hydrogens (primary N) is 1. The van der Waals surface area contributed by atoms with E-state index in [1.165, 1.54) is 12.8 Å². The fraction of sp³-hybridized carbons (Fsp3) is 0.750. The standard InChI is InChI=1S/C8H14N2/c9-10-5-8-4-6-1-2-7(8)3-6/h1-2,6-8,10H,3-5,9H2. The Balaban J connectivity index is 1.96. The molecule has 0 aromatic rings. The Morgan fingerprint density at radius 2 is 2.30 bits per heavy atom. The minimum Gasteiger partial charge on any atom is -0.271 e. The summed E-state index contributed by atoms with van der Waals surface area (Å²) in [7, 11) is 0. The summed E-state index contributed by atoms with van der Waals surface area (Å²) >= 11 is 0. The van der Waals surface area contributed by atoms with Crippen LogP contribution in [0.5, 0.6) is 0 Å². The molecule has 2 nitrogen and oxygen atoms in total. The van der Waals surface area contributed by atoms with E-state index < -0.39 is 0 Å². The van der Waals surface area contributed by atoms with Crippen LogP contribution in [0.25, 0.3) is 0 Å². The van der Waals surface area contributed by atoms with Crippen LogP contribution in [0.4, 0.5) is 0 Å². The molecule has 2 aliphatic carbocycles. The van der Waals surface area contributed by atoms with Gasteiger partial charge in [0.1, 0.15) is 0 Å². The fourth-order valence-corrected chi connectivity index (χ4v) is 2.28. The van der Waals surface area contributed by atoms with Gasteiger partial charge in [0, 0.05) is 6.54 Å². The SMILES string of the molecule is NNCC1CC2C=CC1C2. The van der Waals surface area contributed by atoms with E-state index in [1.807, 2.05) is 0 Å². The summed E-state index contributed by atoms with van der Waals surface area (Å²) in [5, 5.41) is 0. The molecule has 0 aromatic heterocycles. The van der Waals surface area contributed by atoms with Crippen LogP contribution in [0, 0.1) is 17.8 Å². The molecular formula is C8H14N2. The number of hydrazine groups is 1. The first-order valence-corrected chi connectivity index (χ1v) is 4.02. The van der Waals surface area contributed by atoms with Gasteiger partial charge < -0.3 is 0 Å². The van der Waals surface area contributed by atoms with Crippen molar-refractivity contribution in [1.82, 2.24) is 5.43 Å². The zero-order valence-electron chi connectivity index (χ0n) is 6.09. The van der Waals surface area contributed by atoms with Crippen molar-refractivity contribution in [2.24, 2.45) is 23.6 Å². The zero-order valence-corrected chi connectivity index (χ0v) is 6.09. The van der Waals surface area contributed by atoms with Gasteiger partial charge in [0.25, 0.3) is 0 Å². The molecule has 3 N–H and O–H groups in total. The van der Waals surface area contributed by atoms with E-state index in [-0.39, 0.29) is 0 Å². The molecule has 0 heterocycles. The molecule has 56 valence electrons. The second kappa shape index (κ2) is 2.36. The Morgan fingerprint density at radius 1 is 1.40 bits per heavy atom. The molecule has 0 amide bonds. The minimum atomic E-state index is 0.819. The van der Waals surface area contributed by atoms with Crippen LogP contribution in [0.15, 0.2) is 12.2 Å². The maximum atomic E-state index is 5.27. The van der Waals surface area contributed by atoms with E-state index >= 15 is 0 Å². The Hall–Kier alpha value is -0.340. The van der Waals surface area contributed by atoms with Crippen molar-refractivity contribution in [3.8, 4) is 0 Å². The second-order valence-electron chi connectivity index (χ2n) is 3.45. The molecule has 0 aliphatic heterocycles. The average molecular weight is 138 g/mol. The maximum absolute atomic E-state index is 5.27. The van der Waals surface area contributed by atoms with Crippen molar-refractivity contribution in [1.29, 1.82) is 0 Å². The third-order valence-electron chi connectivity index (χ3n) is 2.80. The fourth-order valence-electron chi connectivity index (χ4n) is 2.28. The van der Waals surface area contributed by atoms with E-state index in [9.17, 15) is 0 Å². The Labute approximate surface area is 61.5 Å². The molecule has 1 saturated carbocycles. The molecular weight excluding hydrogens is 124 g/mol. The summed E-state index contributed by atoms with van der Waals surface area (Å²) in [4.78, 5) is 0. The lowest BCUT2D eigenvalue weighted by Crippen LogP contribution is -2.30. The van der Waals surface area contributed by atoms with Crippen LogP contribution < -0.4 is 11.3 Å². The lowest BCUT2D eigenvalue weighted by atomic mass is 9.94. The predicted molar refractivity (Wildman–Crippen MR) is 41.0 cm³/mol. The highest BCUT2D eigenvalue weighted by Gasteiger charge is 2.34. The Kier molecular flexibility index (Phi) is 1.51. The molecule has 2 bridgehead atoms. The molecule has 1 fully saturated rings. The molecule has 3 atom stereocenters. The van der Waals surface area contributed by atoms with Gasteiger partial charge in [-0.2, -0.15) is 0 Å². The molecule has 2 rings (SSSR count). The van der Waals surface area contributed by atoms with Crippen LogP contribution >= 0.6 is 0 Å². The summed E-state index contributed by atoms with van der Waals surface area (Å²) in [5.41, 5.74) is 2.76. The van der Waals surface area contributed by atoms with Gasteiger partial charge in [-0.1, -0.05) is 12.2 Å². The summed E-state index contributed by atoms with van der Waals surface area (Å²) in [6.45, 7) is 0.992.